The zero-order valence-electron chi connectivity index (χ0n) is 11.6. The minimum atomic E-state index is 1.05. The van der Waals surface area contributed by atoms with E-state index in [0.29, 0.717) is 0 Å². The lowest BCUT2D eigenvalue weighted by Gasteiger charge is -2.28. The molecule has 0 amide bonds. The van der Waals surface area contributed by atoms with Gasteiger partial charge in [-0.1, -0.05) is 57.1 Å². The van der Waals surface area contributed by atoms with Crippen LogP contribution in [0.25, 0.3) is 0 Å². The van der Waals surface area contributed by atoms with Gasteiger partial charge < -0.3 is 0 Å². The molecule has 0 N–H and O–H groups in total. The first-order valence-corrected chi connectivity index (χ1v) is 7.88. The first-order chi connectivity index (χ1) is 8.38. The zero-order valence-corrected chi connectivity index (χ0v) is 11.6. The van der Waals surface area contributed by atoms with Crippen molar-refractivity contribution < 1.29 is 0 Å². The highest BCUT2D eigenvalue weighted by Crippen LogP contribution is 2.35. The van der Waals surface area contributed by atoms with Crippen LogP contribution in [0.4, 0.5) is 0 Å². The quantitative estimate of drug-likeness (QED) is 0.535. The van der Waals surface area contributed by atoms with Crippen molar-refractivity contribution in [2.45, 2.75) is 77.6 Å². The van der Waals surface area contributed by atoms with Gasteiger partial charge in [-0.25, -0.2) is 0 Å². The van der Waals surface area contributed by atoms with E-state index in [4.69, 9.17) is 0 Å². The van der Waals surface area contributed by atoms with Crippen molar-refractivity contribution in [2.75, 3.05) is 0 Å². The van der Waals surface area contributed by atoms with Crippen LogP contribution in [-0.2, 0) is 0 Å². The average Bonchev–Trinajstić information content (AvgIpc) is 2.40. The molecule has 2 aliphatic rings. The van der Waals surface area contributed by atoms with Gasteiger partial charge in [-0.05, 0) is 50.4 Å². The molecule has 0 heteroatoms. The fraction of sp³-hybridized carbons (Fsp3) is 0.824. The average molecular weight is 233 g/mol. The van der Waals surface area contributed by atoms with E-state index < -0.39 is 0 Å². The van der Waals surface area contributed by atoms with Crippen molar-refractivity contribution in [2.24, 2.45) is 11.8 Å². The van der Waals surface area contributed by atoms with Gasteiger partial charge >= 0.3 is 0 Å². The van der Waals surface area contributed by atoms with Crippen LogP contribution in [0.2, 0.25) is 0 Å². The van der Waals surface area contributed by atoms with Gasteiger partial charge in [0.25, 0.3) is 0 Å². The van der Waals surface area contributed by atoms with E-state index in [1.807, 2.05) is 0 Å². The first kappa shape index (κ1) is 13.2. The summed E-state index contributed by atoms with van der Waals surface area (Å²) in [6.45, 7) is 2.33. The Balaban J connectivity index is 1.62. The molecule has 0 unspecified atom stereocenters. The van der Waals surface area contributed by atoms with Crippen molar-refractivity contribution in [1.82, 2.24) is 0 Å². The SMILES string of the molecule is CCCC1CCC(CCC2=CC[CH]CC2)CC1. The van der Waals surface area contributed by atoms with E-state index in [2.05, 4.69) is 19.4 Å². The highest BCUT2D eigenvalue weighted by Gasteiger charge is 2.20. The van der Waals surface area contributed by atoms with Crippen LogP contribution in [0, 0.1) is 18.3 Å². The molecule has 0 aromatic heterocycles. The Hall–Kier alpha value is -0.260. The molecule has 17 heavy (non-hydrogen) atoms. The predicted octanol–water partition coefficient (Wildman–Crippen LogP) is 5.69. The maximum atomic E-state index is 2.48. The van der Waals surface area contributed by atoms with E-state index in [1.165, 1.54) is 70.6 Å². The van der Waals surface area contributed by atoms with Gasteiger partial charge in [-0.15, -0.1) is 0 Å². The molecule has 0 heterocycles. The van der Waals surface area contributed by atoms with Crippen LogP contribution >= 0.6 is 0 Å². The van der Waals surface area contributed by atoms with Gasteiger partial charge in [0.1, 0.15) is 0 Å². The lowest BCUT2D eigenvalue weighted by atomic mass is 9.77. The zero-order chi connectivity index (χ0) is 11.9. The van der Waals surface area contributed by atoms with Crippen LogP contribution < -0.4 is 0 Å². The Morgan fingerprint density at radius 3 is 2.35 bits per heavy atom. The smallest absolute Gasteiger partial charge is 0.0317 e. The summed E-state index contributed by atoms with van der Waals surface area (Å²) in [5.41, 5.74) is 1.75. The standard InChI is InChI=1S/C17H29/c1-2-6-15-9-12-17(13-10-15)14-11-16-7-4-3-5-8-16/h3,7,15,17H,2,4-6,8-14H2,1H3. The van der Waals surface area contributed by atoms with Gasteiger partial charge in [0.2, 0.25) is 0 Å². The third-order valence-corrected chi connectivity index (χ3v) is 4.78. The Morgan fingerprint density at radius 1 is 1.06 bits per heavy atom. The fourth-order valence-corrected chi connectivity index (χ4v) is 3.59. The van der Waals surface area contributed by atoms with Crippen molar-refractivity contribution in [3.8, 4) is 0 Å². The molecule has 1 saturated carbocycles. The van der Waals surface area contributed by atoms with Crippen LogP contribution in [-0.4, -0.2) is 0 Å². The lowest BCUT2D eigenvalue weighted by molar-refractivity contribution is 0.251. The van der Waals surface area contributed by atoms with E-state index in [1.54, 1.807) is 5.57 Å². The van der Waals surface area contributed by atoms with Gasteiger partial charge in [0.05, 0.1) is 0 Å². The number of hydrogen-bond acceptors (Lipinski definition) is 0. The topological polar surface area (TPSA) is 0 Å². The fourth-order valence-electron chi connectivity index (χ4n) is 3.59. The minimum Gasteiger partial charge on any atom is -0.0850 e. The van der Waals surface area contributed by atoms with Crippen LogP contribution in [0.3, 0.4) is 0 Å². The van der Waals surface area contributed by atoms with Crippen molar-refractivity contribution in [3.05, 3.63) is 18.1 Å². The molecule has 0 aromatic carbocycles. The summed E-state index contributed by atoms with van der Waals surface area (Å²) in [6.07, 6.45) is 20.6. The monoisotopic (exact) mass is 233 g/mol. The summed E-state index contributed by atoms with van der Waals surface area (Å²) < 4.78 is 0. The molecule has 0 bridgehead atoms. The second-order valence-electron chi connectivity index (χ2n) is 6.14. The van der Waals surface area contributed by atoms with Gasteiger partial charge in [0, 0.05) is 0 Å². The Morgan fingerprint density at radius 2 is 1.76 bits per heavy atom. The largest absolute Gasteiger partial charge is 0.0850 e. The summed E-state index contributed by atoms with van der Waals surface area (Å²) in [5, 5.41) is 0. The van der Waals surface area contributed by atoms with E-state index in [9.17, 15) is 0 Å². The number of hydrogen-bond donors (Lipinski definition) is 0. The molecule has 1 radical (unpaired) electrons. The highest BCUT2D eigenvalue weighted by atomic mass is 14.3. The lowest BCUT2D eigenvalue weighted by Crippen LogP contribution is -2.14. The van der Waals surface area contributed by atoms with Crippen molar-refractivity contribution >= 4 is 0 Å². The maximum absolute atomic E-state index is 2.48. The number of rotatable bonds is 5. The molecule has 0 atom stereocenters. The van der Waals surface area contributed by atoms with Gasteiger partial charge in [0.15, 0.2) is 0 Å². The van der Waals surface area contributed by atoms with Crippen LogP contribution in [0.1, 0.15) is 77.6 Å². The summed E-state index contributed by atoms with van der Waals surface area (Å²) in [4.78, 5) is 0. The Bertz CT molecular complexity index is 230. The van der Waals surface area contributed by atoms with Gasteiger partial charge in [-0.2, -0.15) is 0 Å². The normalized spacial score (nSPS) is 30.1. The molecule has 2 rings (SSSR count). The van der Waals surface area contributed by atoms with Crippen molar-refractivity contribution in [1.29, 1.82) is 0 Å². The van der Waals surface area contributed by atoms with Crippen LogP contribution in [0.5, 0.6) is 0 Å². The Kier molecular flexibility index (Phi) is 5.61. The number of allylic oxidation sites excluding steroid dienone is 2. The van der Waals surface area contributed by atoms with E-state index in [0.717, 1.165) is 11.8 Å². The second kappa shape index (κ2) is 7.24. The third-order valence-electron chi connectivity index (χ3n) is 4.78. The maximum Gasteiger partial charge on any atom is -0.0317 e. The summed E-state index contributed by atoms with van der Waals surface area (Å²) in [5.74, 6) is 2.12. The molecular weight excluding hydrogens is 204 g/mol. The Labute approximate surface area is 108 Å². The molecule has 0 aliphatic heterocycles. The third kappa shape index (κ3) is 4.48. The summed E-state index contributed by atoms with van der Waals surface area (Å²) >= 11 is 0. The summed E-state index contributed by atoms with van der Waals surface area (Å²) in [6, 6.07) is 0. The molecule has 0 saturated heterocycles. The van der Waals surface area contributed by atoms with Crippen molar-refractivity contribution in [3.63, 3.8) is 0 Å². The highest BCUT2D eigenvalue weighted by molar-refractivity contribution is 5.08. The molecular formula is C17H29. The molecule has 0 aromatic rings. The minimum absolute atomic E-state index is 1.05. The molecule has 2 aliphatic carbocycles. The second-order valence-corrected chi connectivity index (χ2v) is 6.14. The van der Waals surface area contributed by atoms with Gasteiger partial charge in [-0.3, -0.25) is 0 Å². The first-order valence-electron chi connectivity index (χ1n) is 7.88. The predicted molar refractivity (Wildman–Crippen MR) is 75.8 cm³/mol. The molecule has 0 nitrogen and oxygen atoms in total. The molecule has 97 valence electrons. The van der Waals surface area contributed by atoms with E-state index in [-0.39, 0.29) is 0 Å². The molecule has 1 fully saturated rings. The van der Waals surface area contributed by atoms with E-state index >= 15 is 0 Å². The van der Waals surface area contributed by atoms with Crippen LogP contribution in [0.15, 0.2) is 11.6 Å². The summed E-state index contributed by atoms with van der Waals surface area (Å²) in [7, 11) is 0. The molecule has 0 spiro atoms.